The van der Waals surface area contributed by atoms with Crippen molar-refractivity contribution < 1.29 is 13.2 Å². The quantitative estimate of drug-likeness (QED) is 0.683. The molecule has 0 bridgehead atoms. The Morgan fingerprint density at radius 1 is 1.07 bits per heavy atom. The Morgan fingerprint density at radius 3 is 2.52 bits per heavy atom. The van der Waals surface area contributed by atoms with E-state index >= 15 is 0 Å². The molecule has 2 aliphatic rings. The van der Waals surface area contributed by atoms with Crippen LogP contribution in [0.5, 0.6) is 0 Å². The lowest BCUT2D eigenvalue weighted by molar-refractivity contribution is 0.0720. The minimum absolute atomic E-state index is 0.0685. The fourth-order valence-electron chi connectivity index (χ4n) is 4.30. The normalized spacial score (nSPS) is 19.3. The number of hydrogen-bond acceptors (Lipinski definition) is 4. The average Bonchev–Trinajstić information content (AvgIpc) is 3.09. The maximum absolute atomic E-state index is 13.6. The van der Waals surface area contributed by atoms with E-state index in [-0.39, 0.29) is 16.8 Å². The fraction of sp³-hybridized carbons (Fsp3) is 0.409. The number of thioether (sulfide) groups is 1. The van der Waals surface area contributed by atoms with Crippen LogP contribution >= 0.6 is 11.8 Å². The summed E-state index contributed by atoms with van der Waals surface area (Å²) in [5, 5.41) is 0. The van der Waals surface area contributed by atoms with Crippen LogP contribution in [-0.2, 0) is 16.4 Å². The van der Waals surface area contributed by atoms with Gasteiger partial charge in [0.25, 0.3) is 15.9 Å². The second kappa shape index (κ2) is 8.03. The first-order valence-electron chi connectivity index (χ1n) is 10.0. The number of likely N-dealkylation sites (tertiary alicyclic amines) is 1. The Kier molecular flexibility index (Phi) is 5.62. The molecular formula is C22H26N2O3S2. The third kappa shape index (κ3) is 3.66. The molecule has 0 radical (unpaired) electrons. The fourth-order valence-corrected chi connectivity index (χ4v) is 6.59. The smallest absolute Gasteiger partial charge is 0.264 e. The summed E-state index contributed by atoms with van der Waals surface area (Å²) in [6.45, 7) is 3.40. The molecule has 2 aromatic carbocycles. The second-order valence-electron chi connectivity index (χ2n) is 7.70. The van der Waals surface area contributed by atoms with Crippen molar-refractivity contribution in [3.8, 4) is 0 Å². The molecule has 5 nitrogen and oxygen atoms in total. The van der Waals surface area contributed by atoms with Gasteiger partial charge in [0.2, 0.25) is 0 Å². The van der Waals surface area contributed by atoms with Crippen LogP contribution < -0.4 is 4.31 Å². The van der Waals surface area contributed by atoms with Gasteiger partial charge >= 0.3 is 0 Å². The van der Waals surface area contributed by atoms with E-state index in [0.29, 0.717) is 12.0 Å². The molecule has 0 aromatic heterocycles. The van der Waals surface area contributed by atoms with Crippen LogP contribution in [0.1, 0.15) is 42.1 Å². The number of rotatable bonds is 4. The molecule has 0 spiro atoms. The Morgan fingerprint density at radius 2 is 1.79 bits per heavy atom. The number of fused-ring (bicyclic) bond motifs is 1. The SMILES string of the molecule is CSc1ccc(S(=O)(=O)N2c3ccccc3CC2C)cc1C(=O)N1CCCCC1. The summed E-state index contributed by atoms with van der Waals surface area (Å²) in [6.07, 6.45) is 5.74. The van der Waals surface area contributed by atoms with Crippen molar-refractivity contribution in [2.75, 3.05) is 23.7 Å². The van der Waals surface area contributed by atoms with Crippen LogP contribution in [-0.4, -0.2) is 44.6 Å². The van der Waals surface area contributed by atoms with E-state index in [1.807, 2.05) is 42.3 Å². The molecule has 29 heavy (non-hydrogen) atoms. The van der Waals surface area contributed by atoms with Crippen molar-refractivity contribution >= 4 is 33.4 Å². The standard InChI is InChI=1S/C22H26N2O3S2/c1-16-14-17-8-4-5-9-20(17)24(16)29(26,27)18-10-11-21(28-2)19(15-18)22(25)23-12-6-3-7-13-23/h4-5,8-11,15-16H,3,6-7,12-14H2,1-2H3. The summed E-state index contributed by atoms with van der Waals surface area (Å²) in [4.78, 5) is 16.0. The lowest BCUT2D eigenvalue weighted by Crippen LogP contribution is -2.37. The van der Waals surface area contributed by atoms with E-state index in [2.05, 4.69) is 0 Å². The number of sulfonamides is 1. The van der Waals surface area contributed by atoms with Crippen molar-refractivity contribution in [2.24, 2.45) is 0 Å². The second-order valence-corrected chi connectivity index (χ2v) is 10.4. The van der Waals surface area contributed by atoms with Crippen LogP contribution in [0.25, 0.3) is 0 Å². The van der Waals surface area contributed by atoms with E-state index in [1.54, 1.807) is 18.2 Å². The van der Waals surface area contributed by atoms with Crippen LogP contribution in [0.4, 0.5) is 5.69 Å². The average molecular weight is 431 g/mol. The van der Waals surface area contributed by atoms with Crippen molar-refractivity contribution in [3.05, 3.63) is 53.6 Å². The molecule has 154 valence electrons. The Labute approximate surface area is 177 Å². The highest BCUT2D eigenvalue weighted by Gasteiger charge is 2.36. The first kappa shape index (κ1) is 20.3. The summed E-state index contributed by atoms with van der Waals surface area (Å²) < 4.78 is 28.6. The molecule has 2 heterocycles. The first-order chi connectivity index (χ1) is 13.9. The number of benzene rings is 2. The Balaban J connectivity index is 1.74. The van der Waals surface area contributed by atoms with Gasteiger partial charge in [-0.3, -0.25) is 9.10 Å². The number of amides is 1. The molecule has 1 amide bonds. The number of para-hydroxylation sites is 1. The number of hydrogen-bond donors (Lipinski definition) is 0. The van der Waals surface area contributed by atoms with E-state index < -0.39 is 10.0 Å². The van der Waals surface area contributed by atoms with Gasteiger partial charge < -0.3 is 4.90 Å². The summed E-state index contributed by atoms with van der Waals surface area (Å²) in [5.41, 5.74) is 2.26. The molecule has 1 saturated heterocycles. The highest BCUT2D eigenvalue weighted by Crippen LogP contribution is 2.37. The van der Waals surface area contributed by atoms with Crippen LogP contribution in [0.3, 0.4) is 0 Å². The van der Waals surface area contributed by atoms with E-state index in [0.717, 1.165) is 48.5 Å². The van der Waals surface area contributed by atoms with Crippen molar-refractivity contribution in [1.29, 1.82) is 0 Å². The number of piperidine rings is 1. The first-order valence-corrected chi connectivity index (χ1v) is 12.7. The van der Waals surface area contributed by atoms with Gasteiger partial charge in [-0.05, 0) is 68.7 Å². The summed E-state index contributed by atoms with van der Waals surface area (Å²) in [7, 11) is -3.76. The maximum atomic E-state index is 13.6. The maximum Gasteiger partial charge on any atom is 0.264 e. The third-order valence-corrected chi connectivity index (χ3v) is 8.47. The Hall–Kier alpha value is -1.99. The molecule has 1 fully saturated rings. The van der Waals surface area contributed by atoms with Gasteiger partial charge in [0.05, 0.1) is 16.1 Å². The minimum atomic E-state index is -3.76. The zero-order chi connectivity index (χ0) is 20.6. The summed E-state index contributed by atoms with van der Waals surface area (Å²) >= 11 is 1.47. The van der Waals surface area contributed by atoms with Crippen molar-refractivity contribution in [3.63, 3.8) is 0 Å². The van der Waals surface area contributed by atoms with Gasteiger partial charge in [0.1, 0.15) is 0 Å². The Bertz CT molecular complexity index is 1030. The van der Waals surface area contributed by atoms with Gasteiger partial charge in [-0.2, -0.15) is 0 Å². The number of nitrogens with zero attached hydrogens (tertiary/aromatic N) is 2. The number of carbonyl (C=O) groups excluding carboxylic acids is 1. The highest BCUT2D eigenvalue weighted by molar-refractivity contribution is 7.98. The molecule has 0 N–H and O–H groups in total. The molecule has 2 aliphatic heterocycles. The molecule has 0 saturated carbocycles. The predicted octanol–water partition coefficient (Wildman–Crippen LogP) is 4.17. The van der Waals surface area contributed by atoms with Crippen LogP contribution in [0, 0.1) is 0 Å². The molecule has 2 aromatic rings. The van der Waals surface area contributed by atoms with Crippen LogP contribution in [0.15, 0.2) is 52.3 Å². The molecule has 7 heteroatoms. The van der Waals surface area contributed by atoms with E-state index in [1.165, 1.54) is 16.1 Å². The third-order valence-electron chi connectivity index (χ3n) is 5.75. The summed E-state index contributed by atoms with van der Waals surface area (Å²) in [5.74, 6) is -0.0685. The van der Waals surface area contributed by atoms with Gasteiger partial charge in [0, 0.05) is 24.0 Å². The topological polar surface area (TPSA) is 57.7 Å². The monoisotopic (exact) mass is 430 g/mol. The zero-order valence-corrected chi connectivity index (χ0v) is 18.4. The molecule has 0 aliphatic carbocycles. The summed E-state index contributed by atoms with van der Waals surface area (Å²) in [6, 6.07) is 12.4. The molecule has 1 unspecified atom stereocenters. The van der Waals surface area contributed by atoms with E-state index in [4.69, 9.17) is 0 Å². The van der Waals surface area contributed by atoms with Gasteiger partial charge in [-0.25, -0.2) is 8.42 Å². The molecule has 1 atom stereocenters. The lowest BCUT2D eigenvalue weighted by Gasteiger charge is -2.28. The largest absolute Gasteiger partial charge is 0.339 e. The number of carbonyl (C=O) groups is 1. The highest BCUT2D eigenvalue weighted by atomic mass is 32.2. The van der Waals surface area contributed by atoms with Crippen molar-refractivity contribution in [1.82, 2.24) is 4.90 Å². The van der Waals surface area contributed by atoms with Crippen LogP contribution in [0.2, 0.25) is 0 Å². The van der Waals surface area contributed by atoms with Crippen molar-refractivity contribution in [2.45, 2.75) is 48.4 Å². The minimum Gasteiger partial charge on any atom is -0.339 e. The van der Waals surface area contributed by atoms with Gasteiger partial charge in [-0.1, -0.05) is 18.2 Å². The number of anilines is 1. The molecular weight excluding hydrogens is 404 g/mol. The predicted molar refractivity (Wildman–Crippen MR) is 117 cm³/mol. The van der Waals surface area contributed by atoms with E-state index in [9.17, 15) is 13.2 Å². The van der Waals surface area contributed by atoms with Gasteiger partial charge in [-0.15, -0.1) is 11.8 Å². The zero-order valence-electron chi connectivity index (χ0n) is 16.8. The lowest BCUT2D eigenvalue weighted by atomic mass is 10.1. The molecule has 4 rings (SSSR count). The van der Waals surface area contributed by atoms with Gasteiger partial charge in [0.15, 0.2) is 0 Å².